The van der Waals surface area contributed by atoms with Gasteiger partial charge < -0.3 is 9.64 Å². The van der Waals surface area contributed by atoms with Crippen LogP contribution in [-0.2, 0) is 21.3 Å². The average molecular weight is 359 g/mol. The molecular weight excluding hydrogens is 342 g/mol. The van der Waals surface area contributed by atoms with Gasteiger partial charge in [0, 0.05) is 19.3 Å². The molecule has 0 amide bonds. The van der Waals surface area contributed by atoms with E-state index in [4.69, 9.17) is 10.00 Å². The van der Waals surface area contributed by atoms with Gasteiger partial charge in [-0.1, -0.05) is 12.1 Å². The second-order valence-electron chi connectivity index (χ2n) is 5.36. The van der Waals surface area contributed by atoms with E-state index in [1.807, 2.05) is 6.07 Å². The van der Waals surface area contributed by atoms with Crippen LogP contribution in [0.2, 0.25) is 0 Å². The number of anilines is 1. The molecule has 0 saturated carbocycles. The summed E-state index contributed by atoms with van der Waals surface area (Å²) >= 11 is 0. The summed E-state index contributed by atoms with van der Waals surface area (Å²) in [5.41, 5.74) is 0.0954. The molecule has 0 radical (unpaired) electrons. The molecule has 1 fully saturated rings. The summed E-state index contributed by atoms with van der Waals surface area (Å²) in [4.78, 5) is 10.5. The van der Waals surface area contributed by atoms with E-state index in [1.54, 1.807) is 24.4 Å². The average Bonchev–Trinajstić information content (AvgIpc) is 2.67. The first-order valence-corrected chi connectivity index (χ1v) is 9.22. The summed E-state index contributed by atoms with van der Waals surface area (Å²) in [5.74, 6) is 1.10. The Bertz CT molecular complexity index is 889. The number of aromatic nitrogens is 2. The number of nitriles is 1. The second-order valence-corrected chi connectivity index (χ2v) is 7.10. The first kappa shape index (κ1) is 17.3. The predicted octanol–water partition coefficient (Wildman–Crippen LogP) is 0.663. The molecule has 3 rings (SSSR count). The van der Waals surface area contributed by atoms with Crippen molar-refractivity contribution in [2.24, 2.45) is 0 Å². The molecule has 0 bridgehead atoms. The van der Waals surface area contributed by atoms with E-state index >= 15 is 0 Å². The van der Waals surface area contributed by atoms with Crippen LogP contribution < -0.4 is 9.62 Å². The predicted molar refractivity (Wildman–Crippen MR) is 90.2 cm³/mol. The van der Waals surface area contributed by atoms with Crippen LogP contribution >= 0.6 is 0 Å². The Labute approximate surface area is 146 Å². The maximum Gasteiger partial charge on any atom is 0.242 e. The zero-order valence-electron chi connectivity index (χ0n) is 13.4. The lowest BCUT2D eigenvalue weighted by molar-refractivity contribution is 0.122. The number of nitrogens with zero attached hydrogens (tertiary/aromatic N) is 4. The molecule has 130 valence electrons. The van der Waals surface area contributed by atoms with Gasteiger partial charge in [0.1, 0.15) is 17.7 Å². The molecule has 0 spiro atoms. The number of ether oxygens (including phenoxy) is 1. The van der Waals surface area contributed by atoms with Gasteiger partial charge in [-0.15, -0.1) is 0 Å². The standard InChI is InChI=1S/C16H17N5O3S/c17-11-13-3-1-2-4-14(13)25(22,23)19-12-15-18-6-5-16(20-15)21-7-9-24-10-8-21/h1-6,19H,7-10,12H2. The van der Waals surface area contributed by atoms with E-state index in [0.717, 1.165) is 18.9 Å². The molecule has 0 aliphatic carbocycles. The van der Waals surface area contributed by atoms with Gasteiger partial charge in [0.05, 0.1) is 30.2 Å². The maximum absolute atomic E-state index is 12.4. The molecule has 1 aromatic heterocycles. The summed E-state index contributed by atoms with van der Waals surface area (Å²) in [5, 5.41) is 9.07. The zero-order valence-corrected chi connectivity index (χ0v) is 14.2. The minimum absolute atomic E-state index is 0.0539. The molecule has 8 nitrogen and oxygen atoms in total. The maximum atomic E-state index is 12.4. The molecular formula is C16H17N5O3S. The number of rotatable bonds is 5. The molecule has 0 atom stereocenters. The largest absolute Gasteiger partial charge is 0.378 e. The van der Waals surface area contributed by atoms with Crippen LogP contribution in [0.25, 0.3) is 0 Å². The Morgan fingerprint density at radius 1 is 1.24 bits per heavy atom. The topological polar surface area (TPSA) is 108 Å². The van der Waals surface area contributed by atoms with Gasteiger partial charge in [0.25, 0.3) is 0 Å². The Balaban J connectivity index is 1.74. The lowest BCUT2D eigenvalue weighted by Crippen LogP contribution is -2.37. The Hall–Kier alpha value is -2.54. The van der Waals surface area contributed by atoms with E-state index in [1.165, 1.54) is 12.1 Å². The minimum Gasteiger partial charge on any atom is -0.378 e. The Morgan fingerprint density at radius 3 is 2.76 bits per heavy atom. The van der Waals surface area contributed by atoms with Crippen LogP contribution in [0.4, 0.5) is 5.82 Å². The van der Waals surface area contributed by atoms with Crippen LogP contribution in [0.1, 0.15) is 11.4 Å². The first-order chi connectivity index (χ1) is 12.1. The lowest BCUT2D eigenvalue weighted by Gasteiger charge is -2.27. The van der Waals surface area contributed by atoms with Crippen LogP contribution in [0.15, 0.2) is 41.4 Å². The third-order valence-corrected chi connectivity index (χ3v) is 5.20. The van der Waals surface area contributed by atoms with Crippen molar-refractivity contribution in [3.63, 3.8) is 0 Å². The molecule has 1 aromatic carbocycles. The fourth-order valence-corrected chi connectivity index (χ4v) is 3.61. The fraction of sp³-hybridized carbons (Fsp3) is 0.312. The zero-order chi connectivity index (χ0) is 17.7. The van der Waals surface area contributed by atoms with E-state index in [-0.39, 0.29) is 17.0 Å². The minimum atomic E-state index is -3.83. The quantitative estimate of drug-likeness (QED) is 0.835. The van der Waals surface area contributed by atoms with E-state index in [9.17, 15) is 8.42 Å². The molecule has 1 N–H and O–H groups in total. The van der Waals surface area contributed by atoms with E-state index < -0.39 is 10.0 Å². The molecule has 2 aromatic rings. The van der Waals surface area contributed by atoms with Crippen LogP contribution in [0, 0.1) is 11.3 Å². The SMILES string of the molecule is N#Cc1ccccc1S(=O)(=O)NCc1nccc(N2CCOCC2)n1. The van der Waals surface area contributed by atoms with Gasteiger partial charge in [0.15, 0.2) is 0 Å². The highest BCUT2D eigenvalue weighted by Gasteiger charge is 2.19. The van der Waals surface area contributed by atoms with Gasteiger partial charge >= 0.3 is 0 Å². The third-order valence-electron chi connectivity index (χ3n) is 3.74. The van der Waals surface area contributed by atoms with Crippen molar-refractivity contribution in [1.29, 1.82) is 5.26 Å². The van der Waals surface area contributed by atoms with Crippen LogP contribution in [0.3, 0.4) is 0 Å². The Morgan fingerprint density at radius 2 is 2.00 bits per heavy atom. The van der Waals surface area contributed by atoms with Crippen molar-refractivity contribution in [2.45, 2.75) is 11.4 Å². The molecule has 1 aliphatic rings. The van der Waals surface area contributed by atoms with Crippen LogP contribution in [0.5, 0.6) is 0 Å². The van der Waals surface area contributed by atoms with Crippen molar-refractivity contribution >= 4 is 15.8 Å². The summed E-state index contributed by atoms with van der Waals surface area (Å²) < 4.78 is 32.6. The van der Waals surface area contributed by atoms with Crippen molar-refractivity contribution in [2.75, 3.05) is 31.2 Å². The van der Waals surface area contributed by atoms with Crippen LogP contribution in [-0.4, -0.2) is 44.7 Å². The van der Waals surface area contributed by atoms with E-state index in [2.05, 4.69) is 19.6 Å². The monoisotopic (exact) mass is 359 g/mol. The highest BCUT2D eigenvalue weighted by Crippen LogP contribution is 2.15. The molecule has 1 saturated heterocycles. The smallest absolute Gasteiger partial charge is 0.242 e. The van der Waals surface area contributed by atoms with Crippen molar-refractivity contribution < 1.29 is 13.2 Å². The lowest BCUT2D eigenvalue weighted by atomic mass is 10.2. The number of morpholine rings is 1. The van der Waals surface area contributed by atoms with Crippen molar-refractivity contribution in [1.82, 2.24) is 14.7 Å². The summed E-state index contributed by atoms with van der Waals surface area (Å²) in [6.07, 6.45) is 1.60. The van der Waals surface area contributed by atoms with Crippen molar-refractivity contribution in [3.05, 3.63) is 47.9 Å². The number of sulfonamides is 1. The molecule has 25 heavy (non-hydrogen) atoms. The first-order valence-electron chi connectivity index (χ1n) is 7.73. The van der Waals surface area contributed by atoms with Gasteiger partial charge in [0.2, 0.25) is 10.0 Å². The van der Waals surface area contributed by atoms with Gasteiger partial charge in [-0.25, -0.2) is 23.1 Å². The third kappa shape index (κ3) is 4.11. The normalized spacial score (nSPS) is 14.9. The highest BCUT2D eigenvalue weighted by atomic mass is 32.2. The highest BCUT2D eigenvalue weighted by molar-refractivity contribution is 7.89. The van der Waals surface area contributed by atoms with Gasteiger partial charge in [-0.2, -0.15) is 5.26 Å². The van der Waals surface area contributed by atoms with Crippen molar-refractivity contribution in [3.8, 4) is 6.07 Å². The molecule has 0 unspecified atom stereocenters. The summed E-state index contributed by atoms with van der Waals surface area (Å²) in [6, 6.07) is 9.72. The Kier molecular flexibility index (Phi) is 5.23. The van der Waals surface area contributed by atoms with E-state index in [0.29, 0.717) is 19.0 Å². The second kappa shape index (κ2) is 7.57. The number of hydrogen-bond acceptors (Lipinski definition) is 7. The number of nitrogens with one attached hydrogen (secondary N) is 1. The van der Waals surface area contributed by atoms with Gasteiger partial charge in [-0.05, 0) is 18.2 Å². The summed E-state index contributed by atoms with van der Waals surface area (Å²) in [6.45, 7) is 2.68. The summed E-state index contributed by atoms with van der Waals surface area (Å²) in [7, 11) is -3.83. The molecule has 2 heterocycles. The fourth-order valence-electron chi connectivity index (χ4n) is 2.47. The van der Waals surface area contributed by atoms with Gasteiger partial charge in [-0.3, -0.25) is 0 Å². The number of hydrogen-bond donors (Lipinski definition) is 1. The molecule has 9 heteroatoms. The number of benzene rings is 1. The molecule has 1 aliphatic heterocycles.